The number of ether oxygens (including phenoxy) is 5. The summed E-state index contributed by atoms with van der Waals surface area (Å²) in [4.78, 5) is 0. The summed E-state index contributed by atoms with van der Waals surface area (Å²) in [5.74, 6) is 3.23. The van der Waals surface area contributed by atoms with Crippen LogP contribution in [0.15, 0.2) is 30.3 Å². The first-order valence-corrected chi connectivity index (χ1v) is 8.48. The van der Waals surface area contributed by atoms with E-state index < -0.39 is 12.2 Å². The molecule has 0 radical (unpaired) electrons. The van der Waals surface area contributed by atoms with Crippen LogP contribution in [0.5, 0.6) is 28.7 Å². The topological polar surface area (TPSA) is 66.4 Å². The summed E-state index contributed by atoms with van der Waals surface area (Å²) in [6.07, 6.45) is -1.36. The molecule has 0 aromatic heterocycles. The van der Waals surface area contributed by atoms with Gasteiger partial charge in [-0.15, -0.1) is 0 Å². The Morgan fingerprint density at radius 1 is 1.08 bits per heavy atom. The van der Waals surface area contributed by atoms with Crippen LogP contribution in [0.1, 0.15) is 11.7 Å². The molecule has 6 nitrogen and oxygen atoms in total. The summed E-state index contributed by atoms with van der Waals surface area (Å²) in [6.45, 7) is 0.331. The molecule has 0 spiro atoms. The molecule has 0 amide bonds. The third-order valence-electron chi connectivity index (χ3n) is 3.96. The van der Waals surface area contributed by atoms with Gasteiger partial charge in [-0.05, 0) is 40.8 Å². The Balaban J connectivity index is 1.71. The minimum Gasteiger partial charge on any atom is -0.497 e. The van der Waals surface area contributed by atoms with Crippen LogP contribution < -0.4 is 23.7 Å². The molecule has 126 valence electrons. The highest BCUT2D eigenvalue weighted by molar-refractivity contribution is 14.1. The van der Waals surface area contributed by atoms with Crippen LogP contribution in [-0.4, -0.2) is 31.7 Å². The highest BCUT2D eigenvalue weighted by atomic mass is 127. The fourth-order valence-electron chi connectivity index (χ4n) is 2.74. The fourth-order valence-corrected chi connectivity index (χ4v) is 3.20. The van der Waals surface area contributed by atoms with Crippen molar-refractivity contribution in [3.05, 3.63) is 39.5 Å². The van der Waals surface area contributed by atoms with E-state index >= 15 is 0 Å². The van der Waals surface area contributed by atoms with Crippen LogP contribution in [0.2, 0.25) is 0 Å². The number of methoxy groups -OCH3 is 1. The van der Waals surface area contributed by atoms with Gasteiger partial charge in [0.05, 0.1) is 10.7 Å². The number of hydrogen-bond acceptors (Lipinski definition) is 6. The van der Waals surface area contributed by atoms with Crippen LogP contribution in [-0.2, 0) is 0 Å². The highest BCUT2D eigenvalue weighted by Gasteiger charge is 2.34. The molecular formula is C17H15IO6. The number of fused-ring (bicyclic) bond motifs is 2. The molecule has 4 rings (SSSR count). The molecule has 2 aliphatic rings. The maximum atomic E-state index is 10.4. The Bertz CT molecular complexity index is 778. The minimum absolute atomic E-state index is 0.151. The second kappa shape index (κ2) is 6.21. The van der Waals surface area contributed by atoms with Crippen molar-refractivity contribution in [3.63, 3.8) is 0 Å². The summed E-state index contributed by atoms with van der Waals surface area (Å²) in [7, 11) is 1.60. The quantitative estimate of drug-likeness (QED) is 0.738. The van der Waals surface area contributed by atoms with Crippen molar-refractivity contribution in [3.8, 4) is 28.7 Å². The lowest BCUT2D eigenvalue weighted by Crippen LogP contribution is -2.34. The summed E-state index contributed by atoms with van der Waals surface area (Å²) in [5, 5.41) is 10.4. The summed E-state index contributed by atoms with van der Waals surface area (Å²) >= 11 is 2.19. The van der Waals surface area contributed by atoms with E-state index in [1.807, 2.05) is 12.1 Å². The molecule has 0 unspecified atom stereocenters. The van der Waals surface area contributed by atoms with Gasteiger partial charge in [-0.2, -0.15) is 0 Å². The number of rotatable bonds is 3. The van der Waals surface area contributed by atoms with Gasteiger partial charge in [0.1, 0.15) is 30.0 Å². The van der Waals surface area contributed by atoms with Crippen molar-refractivity contribution in [1.29, 1.82) is 0 Å². The standard InChI is InChI=1S/C17H15IO6/c1-20-9-2-3-11(18)14(4-9)24-17-10-5-15-16(23-8-22-15)6-13(10)21-7-12(17)19/h2-6,12,17,19H,7-8H2,1H3/t12-,17-/m0/s1. The molecule has 0 aliphatic carbocycles. The Kier molecular flexibility index (Phi) is 4.05. The number of hydrogen-bond donors (Lipinski definition) is 1. The van der Waals surface area contributed by atoms with Crippen LogP contribution in [0.4, 0.5) is 0 Å². The van der Waals surface area contributed by atoms with E-state index in [1.165, 1.54) is 0 Å². The molecule has 1 N–H and O–H groups in total. The molecule has 7 heteroatoms. The smallest absolute Gasteiger partial charge is 0.231 e. The zero-order valence-corrected chi connectivity index (χ0v) is 15.0. The normalized spacial score (nSPS) is 21.0. The van der Waals surface area contributed by atoms with Crippen molar-refractivity contribution in [2.24, 2.45) is 0 Å². The van der Waals surface area contributed by atoms with Gasteiger partial charge in [0.25, 0.3) is 0 Å². The predicted octanol–water partition coefficient (Wildman–Crippen LogP) is 2.90. The number of aliphatic hydroxyl groups is 1. The van der Waals surface area contributed by atoms with Crippen molar-refractivity contribution in [1.82, 2.24) is 0 Å². The molecule has 2 aliphatic heterocycles. The largest absolute Gasteiger partial charge is 0.497 e. The van der Waals surface area contributed by atoms with Crippen molar-refractivity contribution in [2.75, 3.05) is 20.5 Å². The Labute approximate surface area is 152 Å². The average Bonchev–Trinajstić information content (AvgIpc) is 3.05. The van der Waals surface area contributed by atoms with Crippen LogP contribution >= 0.6 is 22.6 Å². The van der Waals surface area contributed by atoms with E-state index in [1.54, 1.807) is 25.3 Å². The van der Waals surface area contributed by atoms with Crippen molar-refractivity contribution >= 4 is 22.6 Å². The van der Waals surface area contributed by atoms with Gasteiger partial charge < -0.3 is 28.8 Å². The highest BCUT2D eigenvalue weighted by Crippen LogP contribution is 2.44. The zero-order chi connectivity index (χ0) is 16.7. The molecule has 0 saturated heterocycles. The molecule has 24 heavy (non-hydrogen) atoms. The van der Waals surface area contributed by atoms with E-state index in [2.05, 4.69) is 22.6 Å². The van der Waals surface area contributed by atoms with Crippen LogP contribution in [0.3, 0.4) is 0 Å². The molecule has 2 atom stereocenters. The van der Waals surface area contributed by atoms with Gasteiger partial charge in [0.15, 0.2) is 17.6 Å². The van der Waals surface area contributed by atoms with Gasteiger partial charge >= 0.3 is 0 Å². The summed E-state index contributed by atoms with van der Waals surface area (Å²) in [6, 6.07) is 9.15. The maximum absolute atomic E-state index is 10.4. The van der Waals surface area contributed by atoms with E-state index in [4.69, 9.17) is 23.7 Å². The summed E-state index contributed by atoms with van der Waals surface area (Å²) in [5.41, 5.74) is 0.733. The van der Waals surface area contributed by atoms with E-state index in [9.17, 15) is 5.11 Å². The van der Waals surface area contributed by atoms with Gasteiger partial charge in [-0.25, -0.2) is 0 Å². The first-order valence-electron chi connectivity index (χ1n) is 7.40. The molecule has 0 bridgehead atoms. The first kappa shape index (κ1) is 15.6. The lowest BCUT2D eigenvalue weighted by atomic mass is 10.00. The molecule has 2 heterocycles. The van der Waals surface area contributed by atoms with E-state index in [0.29, 0.717) is 28.7 Å². The van der Waals surface area contributed by atoms with Crippen LogP contribution in [0, 0.1) is 3.57 Å². The molecule has 2 aromatic rings. The molecule has 2 aromatic carbocycles. The maximum Gasteiger partial charge on any atom is 0.231 e. The Morgan fingerprint density at radius 2 is 1.88 bits per heavy atom. The second-order valence-corrected chi connectivity index (χ2v) is 6.62. The first-order chi connectivity index (χ1) is 11.7. The van der Waals surface area contributed by atoms with E-state index in [0.717, 1.165) is 9.13 Å². The van der Waals surface area contributed by atoms with Gasteiger partial charge in [-0.3, -0.25) is 0 Å². The average molecular weight is 442 g/mol. The van der Waals surface area contributed by atoms with Gasteiger partial charge in [0, 0.05) is 17.7 Å². The second-order valence-electron chi connectivity index (χ2n) is 5.46. The van der Waals surface area contributed by atoms with Crippen molar-refractivity contribution in [2.45, 2.75) is 12.2 Å². The third kappa shape index (κ3) is 2.71. The Morgan fingerprint density at radius 3 is 2.67 bits per heavy atom. The van der Waals surface area contributed by atoms with E-state index in [-0.39, 0.29) is 13.4 Å². The number of aliphatic hydroxyl groups excluding tert-OH is 1. The number of halogens is 1. The van der Waals surface area contributed by atoms with Gasteiger partial charge in [0.2, 0.25) is 6.79 Å². The predicted molar refractivity (Wildman–Crippen MR) is 93.1 cm³/mol. The molecule has 0 fully saturated rings. The molecular weight excluding hydrogens is 427 g/mol. The van der Waals surface area contributed by atoms with Crippen LogP contribution in [0.25, 0.3) is 0 Å². The third-order valence-corrected chi connectivity index (χ3v) is 4.85. The lowest BCUT2D eigenvalue weighted by Gasteiger charge is -2.31. The van der Waals surface area contributed by atoms with Gasteiger partial charge in [-0.1, -0.05) is 0 Å². The monoisotopic (exact) mass is 442 g/mol. The van der Waals surface area contributed by atoms with Crippen molar-refractivity contribution < 1.29 is 28.8 Å². The SMILES string of the molecule is COc1ccc(I)c(O[C@H]2c3cc4c(cc3OC[C@@H]2O)OCO4)c1. The minimum atomic E-state index is -0.792. The lowest BCUT2D eigenvalue weighted by molar-refractivity contribution is -0.0125. The molecule has 0 saturated carbocycles. The number of benzene rings is 2. The zero-order valence-electron chi connectivity index (χ0n) is 12.8. The summed E-state index contributed by atoms with van der Waals surface area (Å²) < 4.78 is 28.7. The fraction of sp³-hybridized carbons (Fsp3) is 0.294. The Hall–Kier alpha value is -1.87.